The number of hydrogen-bond acceptors (Lipinski definition) is 2. The predicted octanol–water partition coefficient (Wildman–Crippen LogP) is 2.11. The lowest BCUT2D eigenvalue weighted by atomic mass is 9.96. The summed E-state index contributed by atoms with van der Waals surface area (Å²) in [5.74, 6) is 0.541. The van der Waals surface area contributed by atoms with E-state index in [2.05, 4.69) is 17.4 Å². The van der Waals surface area contributed by atoms with E-state index in [9.17, 15) is 4.79 Å². The summed E-state index contributed by atoms with van der Waals surface area (Å²) in [7, 11) is 1.92. The van der Waals surface area contributed by atoms with Gasteiger partial charge in [0.15, 0.2) is 0 Å². The van der Waals surface area contributed by atoms with Gasteiger partial charge in [-0.1, -0.05) is 30.3 Å². The minimum absolute atomic E-state index is 0. The molecule has 0 bridgehead atoms. The molecule has 0 saturated carbocycles. The average Bonchev–Trinajstić information content (AvgIpc) is 2.46. The van der Waals surface area contributed by atoms with Gasteiger partial charge in [-0.25, -0.2) is 0 Å². The Balaban J connectivity index is 0.00000180. The second-order valence-corrected chi connectivity index (χ2v) is 5.02. The van der Waals surface area contributed by atoms with Gasteiger partial charge < -0.3 is 10.2 Å². The Morgan fingerprint density at radius 3 is 2.53 bits per heavy atom. The summed E-state index contributed by atoms with van der Waals surface area (Å²) in [4.78, 5) is 14.1. The topological polar surface area (TPSA) is 32.3 Å². The molecule has 1 aromatic rings. The highest BCUT2D eigenvalue weighted by Crippen LogP contribution is 2.14. The zero-order valence-electron chi connectivity index (χ0n) is 11.5. The Bertz CT molecular complexity index is 377. The molecule has 1 fully saturated rings. The minimum Gasteiger partial charge on any atom is -0.345 e. The lowest BCUT2D eigenvalue weighted by Crippen LogP contribution is -2.39. The van der Waals surface area contributed by atoms with Crippen LogP contribution in [0.5, 0.6) is 0 Å². The number of carbonyl (C=O) groups excluding carboxylic acids is 1. The molecule has 1 aliphatic heterocycles. The summed E-state index contributed by atoms with van der Waals surface area (Å²) in [5.41, 5.74) is 1.29. The highest BCUT2D eigenvalue weighted by molar-refractivity contribution is 5.85. The summed E-state index contributed by atoms with van der Waals surface area (Å²) >= 11 is 0. The molecule has 0 aromatic heterocycles. The molecule has 0 atom stereocenters. The Hall–Kier alpha value is -1.06. The first-order valence-electron chi connectivity index (χ1n) is 6.77. The maximum atomic E-state index is 12.2. The number of nitrogens with one attached hydrogen (secondary N) is 1. The number of rotatable bonds is 4. The number of amides is 1. The van der Waals surface area contributed by atoms with Crippen LogP contribution in [0.25, 0.3) is 0 Å². The van der Waals surface area contributed by atoms with E-state index in [0.717, 1.165) is 38.9 Å². The molecule has 106 valence electrons. The van der Waals surface area contributed by atoms with E-state index < -0.39 is 0 Å². The van der Waals surface area contributed by atoms with E-state index in [1.54, 1.807) is 0 Å². The van der Waals surface area contributed by atoms with E-state index in [1.807, 2.05) is 30.1 Å². The van der Waals surface area contributed by atoms with Crippen LogP contribution in [0.1, 0.15) is 18.4 Å². The fourth-order valence-electron chi connectivity index (χ4n) is 2.43. The van der Waals surface area contributed by atoms with Gasteiger partial charge in [0, 0.05) is 19.5 Å². The monoisotopic (exact) mass is 282 g/mol. The molecule has 1 aliphatic rings. The van der Waals surface area contributed by atoms with Crippen LogP contribution in [0.4, 0.5) is 0 Å². The molecule has 1 amide bonds. The zero-order chi connectivity index (χ0) is 12.8. The first kappa shape index (κ1) is 16.0. The molecule has 1 saturated heterocycles. The number of piperidine rings is 1. The molecule has 3 nitrogen and oxygen atoms in total. The summed E-state index contributed by atoms with van der Waals surface area (Å²) in [6, 6.07) is 10.3. The van der Waals surface area contributed by atoms with Crippen molar-refractivity contribution in [3.05, 3.63) is 35.9 Å². The van der Waals surface area contributed by atoms with E-state index >= 15 is 0 Å². The van der Waals surface area contributed by atoms with Gasteiger partial charge in [-0.05, 0) is 37.9 Å². The molecule has 0 radical (unpaired) electrons. The molecule has 4 heteroatoms. The lowest BCUT2D eigenvalue weighted by Gasteiger charge is -2.27. The Morgan fingerprint density at radius 2 is 1.89 bits per heavy atom. The number of halogens is 1. The molecule has 2 rings (SSSR count). The molecular weight excluding hydrogens is 260 g/mol. The highest BCUT2D eigenvalue weighted by atomic mass is 35.5. The van der Waals surface area contributed by atoms with Crippen molar-refractivity contribution >= 4 is 18.3 Å². The van der Waals surface area contributed by atoms with Crippen LogP contribution < -0.4 is 5.32 Å². The number of nitrogens with zero attached hydrogens (tertiary/aromatic N) is 1. The van der Waals surface area contributed by atoms with Crippen LogP contribution >= 0.6 is 12.4 Å². The van der Waals surface area contributed by atoms with Gasteiger partial charge in [0.05, 0.1) is 0 Å². The number of benzene rings is 1. The van der Waals surface area contributed by atoms with E-state index in [-0.39, 0.29) is 18.3 Å². The van der Waals surface area contributed by atoms with Crippen LogP contribution in [0.2, 0.25) is 0 Å². The van der Waals surface area contributed by atoms with Crippen LogP contribution in [-0.4, -0.2) is 37.5 Å². The predicted molar refractivity (Wildman–Crippen MR) is 80.6 cm³/mol. The Kier molecular flexibility index (Phi) is 6.89. The van der Waals surface area contributed by atoms with E-state index in [0.29, 0.717) is 5.91 Å². The van der Waals surface area contributed by atoms with Gasteiger partial charge in [-0.15, -0.1) is 12.4 Å². The molecule has 19 heavy (non-hydrogen) atoms. The van der Waals surface area contributed by atoms with Crippen molar-refractivity contribution in [1.82, 2.24) is 10.2 Å². The van der Waals surface area contributed by atoms with Gasteiger partial charge in [0.2, 0.25) is 5.91 Å². The second kappa shape index (κ2) is 8.18. The van der Waals surface area contributed by atoms with Gasteiger partial charge in [-0.3, -0.25) is 4.79 Å². The largest absolute Gasteiger partial charge is 0.345 e. The Labute approximate surface area is 121 Å². The minimum atomic E-state index is 0. The third-order valence-corrected chi connectivity index (χ3v) is 3.64. The van der Waals surface area contributed by atoms with Gasteiger partial charge in [0.25, 0.3) is 0 Å². The zero-order valence-corrected chi connectivity index (χ0v) is 12.3. The maximum absolute atomic E-state index is 12.2. The average molecular weight is 283 g/mol. The molecule has 1 N–H and O–H groups in total. The second-order valence-electron chi connectivity index (χ2n) is 5.02. The van der Waals surface area contributed by atoms with Crippen LogP contribution in [0.15, 0.2) is 30.3 Å². The molecular formula is C15H23ClN2O. The maximum Gasteiger partial charge on any atom is 0.225 e. The summed E-state index contributed by atoms with van der Waals surface area (Å²) < 4.78 is 0. The molecule has 0 aliphatic carbocycles. The molecule has 1 aromatic carbocycles. The summed E-state index contributed by atoms with van der Waals surface area (Å²) in [5, 5.41) is 3.30. The highest BCUT2D eigenvalue weighted by Gasteiger charge is 2.23. The first-order chi connectivity index (χ1) is 8.77. The van der Waals surface area contributed by atoms with Crippen LogP contribution in [0, 0.1) is 5.92 Å². The fourth-order valence-corrected chi connectivity index (χ4v) is 2.43. The Morgan fingerprint density at radius 1 is 1.26 bits per heavy atom. The van der Waals surface area contributed by atoms with Gasteiger partial charge in [-0.2, -0.15) is 0 Å². The SMILES string of the molecule is CN(CCc1ccccc1)C(=O)C1CCNCC1.Cl. The standard InChI is InChI=1S/C15H22N2O.ClH/c1-17(12-9-13-5-3-2-4-6-13)15(18)14-7-10-16-11-8-14;/h2-6,14,16H,7-12H2,1H3;1H. The number of hydrogen-bond donors (Lipinski definition) is 1. The van der Waals surface area contributed by atoms with E-state index in [4.69, 9.17) is 0 Å². The van der Waals surface area contributed by atoms with Crippen molar-refractivity contribution in [1.29, 1.82) is 0 Å². The fraction of sp³-hybridized carbons (Fsp3) is 0.533. The number of carbonyl (C=O) groups is 1. The molecule has 0 unspecified atom stereocenters. The quantitative estimate of drug-likeness (QED) is 0.917. The number of likely N-dealkylation sites (N-methyl/N-ethyl adjacent to an activating group) is 1. The third-order valence-electron chi connectivity index (χ3n) is 3.64. The normalized spacial score (nSPS) is 15.6. The summed E-state index contributed by atoms with van der Waals surface area (Å²) in [6.07, 6.45) is 2.90. The smallest absolute Gasteiger partial charge is 0.225 e. The van der Waals surface area contributed by atoms with Gasteiger partial charge in [0.1, 0.15) is 0 Å². The van der Waals surface area contributed by atoms with Crippen LogP contribution in [0.3, 0.4) is 0 Å². The van der Waals surface area contributed by atoms with Crippen molar-refractivity contribution in [3.8, 4) is 0 Å². The molecule has 0 spiro atoms. The van der Waals surface area contributed by atoms with Crippen molar-refractivity contribution in [2.24, 2.45) is 5.92 Å². The van der Waals surface area contributed by atoms with Crippen molar-refractivity contribution < 1.29 is 4.79 Å². The van der Waals surface area contributed by atoms with Gasteiger partial charge >= 0.3 is 0 Å². The van der Waals surface area contributed by atoms with Crippen molar-refractivity contribution in [2.45, 2.75) is 19.3 Å². The lowest BCUT2D eigenvalue weighted by molar-refractivity contribution is -0.134. The third kappa shape index (κ3) is 4.84. The van der Waals surface area contributed by atoms with Crippen molar-refractivity contribution in [2.75, 3.05) is 26.7 Å². The van der Waals surface area contributed by atoms with E-state index in [1.165, 1.54) is 5.56 Å². The molecule has 1 heterocycles. The van der Waals surface area contributed by atoms with Crippen molar-refractivity contribution in [3.63, 3.8) is 0 Å². The first-order valence-corrected chi connectivity index (χ1v) is 6.77. The van der Waals surface area contributed by atoms with Crippen LogP contribution in [-0.2, 0) is 11.2 Å². The summed E-state index contributed by atoms with van der Waals surface area (Å²) in [6.45, 7) is 2.76.